The van der Waals surface area contributed by atoms with Gasteiger partial charge in [0, 0.05) is 38.4 Å². The molecular formula is C20H26N4O2S. The number of likely N-dealkylation sites (tertiary alicyclic amines) is 1. The monoisotopic (exact) mass is 386 g/mol. The molecule has 27 heavy (non-hydrogen) atoms. The molecule has 0 unspecified atom stereocenters. The van der Waals surface area contributed by atoms with Crippen LogP contribution in [-0.2, 0) is 9.59 Å². The number of aryl methyl sites for hydroxylation is 1. The third-order valence-corrected chi connectivity index (χ3v) is 5.86. The molecule has 0 aliphatic carbocycles. The van der Waals surface area contributed by atoms with Crippen LogP contribution in [0, 0.1) is 13.8 Å². The number of hydrogen-bond donors (Lipinski definition) is 1. The van der Waals surface area contributed by atoms with Crippen molar-refractivity contribution in [2.45, 2.75) is 38.3 Å². The molecule has 0 bridgehead atoms. The van der Waals surface area contributed by atoms with Gasteiger partial charge in [0.05, 0.1) is 11.4 Å². The minimum atomic E-state index is -0.0789. The molecule has 144 valence electrons. The van der Waals surface area contributed by atoms with E-state index in [1.165, 1.54) is 22.9 Å². The lowest BCUT2D eigenvalue weighted by Gasteiger charge is -2.15. The number of nitrogens with one attached hydrogen (secondary N) is 1. The highest BCUT2D eigenvalue weighted by Crippen LogP contribution is 2.24. The Morgan fingerprint density at radius 2 is 2.00 bits per heavy atom. The van der Waals surface area contributed by atoms with Crippen LogP contribution in [0.4, 0.5) is 0 Å². The van der Waals surface area contributed by atoms with Crippen LogP contribution >= 0.6 is 11.8 Å². The van der Waals surface area contributed by atoms with Crippen LogP contribution in [0.15, 0.2) is 35.7 Å². The number of hydrogen-bond acceptors (Lipinski definition) is 4. The van der Waals surface area contributed by atoms with Gasteiger partial charge in [0.1, 0.15) is 0 Å². The van der Waals surface area contributed by atoms with Gasteiger partial charge < -0.3 is 10.2 Å². The van der Waals surface area contributed by atoms with E-state index in [4.69, 9.17) is 0 Å². The van der Waals surface area contributed by atoms with Gasteiger partial charge in [-0.05, 0) is 43.9 Å². The van der Waals surface area contributed by atoms with E-state index in [1.807, 2.05) is 21.7 Å². The molecule has 2 aromatic rings. The summed E-state index contributed by atoms with van der Waals surface area (Å²) < 4.78 is 2.01. The van der Waals surface area contributed by atoms with E-state index in [0.717, 1.165) is 36.8 Å². The predicted octanol–water partition coefficient (Wildman–Crippen LogP) is 2.71. The molecule has 1 aliphatic heterocycles. The summed E-state index contributed by atoms with van der Waals surface area (Å²) in [5, 5.41) is 3.62. The predicted molar refractivity (Wildman–Crippen MR) is 107 cm³/mol. The highest BCUT2D eigenvalue weighted by Gasteiger charge is 2.17. The number of imidazole rings is 1. The Bertz CT molecular complexity index is 812. The normalized spacial score (nSPS) is 13.8. The molecule has 1 saturated heterocycles. The highest BCUT2D eigenvalue weighted by atomic mass is 32.2. The van der Waals surface area contributed by atoms with Crippen molar-refractivity contribution in [3.63, 3.8) is 0 Å². The van der Waals surface area contributed by atoms with Crippen LogP contribution < -0.4 is 5.32 Å². The first-order valence-electron chi connectivity index (χ1n) is 9.33. The van der Waals surface area contributed by atoms with E-state index in [1.54, 1.807) is 6.20 Å². The van der Waals surface area contributed by atoms with Crippen molar-refractivity contribution >= 4 is 23.6 Å². The minimum absolute atomic E-state index is 0.0789. The number of rotatable bonds is 7. The van der Waals surface area contributed by atoms with Crippen molar-refractivity contribution in [1.82, 2.24) is 19.8 Å². The van der Waals surface area contributed by atoms with E-state index >= 15 is 0 Å². The fourth-order valence-corrected chi connectivity index (χ4v) is 3.99. The third kappa shape index (κ3) is 4.91. The quantitative estimate of drug-likeness (QED) is 0.743. The molecule has 2 amide bonds. The Balaban J connectivity index is 1.49. The van der Waals surface area contributed by atoms with Crippen molar-refractivity contribution in [3.8, 4) is 5.69 Å². The molecule has 7 heteroatoms. The summed E-state index contributed by atoms with van der Waals surface area (Å²) in [4.78, 5) is 30.4. The Morgan fingerprint density at radius 1 is 1.22 bits per heavy atom. The van der Waals surface area contributed by atoms with E-state index in [-0.39, 0.29) is 17.6 Å². The largest absolute Gasteiger partial charge is 0.355 e. The maximum Gasteiger partial charge on any atom is 0.230 e. The maximum atomic E-state index is 12.1. The lowest BCUT2D eigenvalue weighted by Crippen LogP contribution is -2.33. The van der Waals surface area contributed by atoms with Crippen molar-refractivity contribution in [3.05, 3.63) is 41.7 Å². The van der Waals surface area contributed by atoms with Gasteiger partial charge in [0.15, 0.2) is 5.16 Å². The number of thioether (sulfide) groups is 1. The van der Waals surface area contributed by atoms with Crippen LogP contribution in [-0.4, -0.2) is 51.7 Å². The molecule has 0 atom stereocenters. The van der Waals surface area contributed by atoms with E-state index in [9.17, 15) is 9.59 Å². The van der Waals surface area contributed by atoms with Crippen molar-refractivity contribution in [2.24, 2.45) is 0 Å². The Hall–Kier alpha value is -2.28. The zero-order chi connectivity index (χ0) is 19.2. The Morgan fingerprint density at radius 3 is 2.78 bits per heavy atom. The fraction of sp³-hybridized carbons (Fsp3) is 0.450. The molecule has 1 N–H and O–H groups in total. The van der Waals surface area contributed by atoms with Crippen LogP contribution in [0.1, 0.15) is 30.4 Å². The zero-order valence-electron chi connectivity index (χ0n) is 15.9. The molecule has 3 rings (SSSR count). The second-order valence-corrected chi connectivity index (χ2v) is 7.72. The molecule has 1 aromatic heterocycles. The molecule has 1 aliphatic rings. The van der Waals surface area contributed by atoms with E-state index < -0.39 is 0 Å². The first-order valence-corrected chi connectivity index (χ1v) is 10.3. The number of carbonyl (C=O) groups is 2. The molecule has 6 nitrogen and oxygen atoms in total. The standard InChI is InChI=1S/C20H26N4O2S/c1-15-6-5-7-17(16(15)2)24-13-10-22-20(24)27-14-18(25)21-9-8-19(26)23-11-3-4-12-23/h5-7,10,13H,3-4,8-9,11-12,14H2,1-2H3,(H,21,25). The van der Waals surface area contributed by atoms with Crippen molar-refractivity contribution in [1.29, 1.82) is 0 Å². The highest BCUT2D eigenvalue weighted by molar-refractivity contribution is 7.99. The number of amides is 2. The van der Waals surface area contributed by atoms with Gasteiger partial charge in [-0.1, -0.05) is 23.9 Å². The summed E-state index contributed by atoms with van der Waals surface area (Å²) in [7, 11) is 0. The van der Waals surface area contributed by atoms with Gasteiger partial charge in [-0.25, -0.2) is 4.98 Å². The number of nitrogens with zero attached hydrogens (tertiary/aromatic N) is 3. The van der Waals surface area contributed by atoms with Gasteiger partial charge >= 0.3 is 0 Å². The van der Waals surface area contributed by atoms with Gasteiger partial charge in [-0.3, -0.25) is 14.2 Å². The molecule has 1 aromatic carbocycles. The SMILES string of the molecule is Cc1cccc(-n2ccnc2SCC(=O)NCCC(=O)N2CCCC2)c1C. The second kappa shape index (κ2) is 9.08. The molecule has 2 heterocycles. The number of aromatic nitrogens is 2. The van der Waals surface area contributed by atoms with Gasteiger partial charge in [0.25, 0.3) is 0 Å². The van der Waals surface area contributed by atoms with Crippen molar-refractivity contribution < 1.29 is 9.59 Å². The van der Waals surface area contributed by atoms with Gasteiger partial charge in [-0.2, -0.15) is 0 Å². The summed E-state index contributed by atoms with van der Waals surface area (Å²) >= 11 is 1.40. The van der Waals surface area contributed by atoms with Crippen LogP contribution in [0.2, 0.25) is 0 Å². The molecule has 1 fully saturated rings. The van der Waals surface area contributed by atoms with Crippen LogP contribution in [0.25, 0.3) is 5.69 Å². The Labute approximate surface area is 164 Å². The summed E-state index contributed by atoms with van der Waals surface area (Å²) in [6, 6.07) is 6.16. The molecule has 0 spiro atoms. The summed E-state index contributed by atoms with van der Waals surface area (Å²) in [6.07, 6.45) is 6.20. The average molecular weight is 387 g/mol. The lowest BCUT2D eigenvalue weighted by molar-refractivity contribution is -0.130. The zero-order valence-corrected chi connectivity index (χ0v) is 16.7. The molecular weight excluding hydrogens is 360 g/mol. The van der Waals surface area contributed by atoms with E-state index in [0.29, 0.717) is 13.0 Å². The van der Waals surface area contributed by atoms with Crippen LogP contribution in [0.5, 0.6) is 0 Å². The first kappa shape index (κ1) is 19.5. The van der Waals surface area contributed by atoms with E-state index in [2.05, 4.69) is 36.3 Å². The topological polar surface area (TPSA) is 67.2 Å². The smallest absolute Gasteiger partial charge is 0.230 e. The van der Waals surface area contributed by atoms with Crippen molar-refractivity contribution in [2.75, 3.05) is 25.4 Å². The average Bonchev–Trinajstić information content (AvgIpc) is 3.34. The van der Waals surface area contributed by atoms with Crippen LogP contribution in [0.3, 0.4) is 0 Å². The summed E-state index contributed by atoms with van der Waals surface area (Å²) in [6.45, 7) is 6.26. The molecule has 0 radical (unpaired) electrons. The Kier molecular flexibility index (Phi) is 6.55. The minimum Gasteiger partial charge on any atom is -0.355 e. The number of carbonyl (C=O) groups excluding carboxylic acids is 2. The summed E-state index contributed by atoms with van der Waals surface area (Å²) in [5.74, 6) is 0.329. The summed E-state index contributed by atoms with van der Waals surface area (Å²) in [5.41, 5.74) is 3.49. The van der Waals surface area contributed by atoms with Gasteiger partial charge in [-0.15, -0.1) is 0 Å². The first-order chi connectivity index (χ1) is 13.1. The maximum absolute atomic E-state index is 12.1. The van der Waals surface area contributed by atoms with Gasteiger partial charge in [0.2, 0.25) is 11.8 Å². The second-order valence-electron chi connectivity index (χ2n) is 6.78. The third-order valence-electron chi connectivity index (χ3n) is 4.89. The lowest BCUT2D eigenvalue weighted by atomic mass is 10.1. The molecule has 0 saturated carbocycles. The number of benzene rings is 1. The fourth-order valence-electron chi connectivity index (χ4n) is 3.19.